The van der Waals surface area contributed by atoms with Crippen LogP contribution in [0.4, 0.5) is 0 Å². The summed E-state index contributed by atoms with van der Waals surface area (Å²) in [6.07, 6.45) is 2.92. The molecule has 1 aromatic rings. The molecule has 0 unspecified atom stereocenters. The molecule has 0 fully saturated rings. The molecule has 0 saturated carbocycles. The molecule has 2 nitrogen and oxygen atoms in total. The van der Waals surface area contributed by atoms with Crippen molar-refractivity contribution in [1.29, 1.82) is 0 Å². The third kappa shape index (κ3) is 1.14. The molecule has 64 valence electrons. The number of fused-ring (bicyclic) bond motifs is 1. The summed E-state index contributed by atoms with van der Waals surface area (Å²) in [7, 11) is 0. The monoisotopic (exact) mass is 182 g/mol. The van der Waals surface area contributed by atoms with Crippen LogP contribution in [0.5, 0.6) is 11.5 Å². The van der Waals surface area contributed by atoms with Crippen molar-refractivity contribution in [3.05, 3.63) is 17.7 Å². The summed E-state index contributed by atoms with van der Waals surface area (Å²) in [6, 6.07) is 3.70. The van der Waals surface area contributed by atoms with Crippen LogP contribution in [0.2, 0.25) is 0 Å². The quantitative estimate of drug-likeness (QED) is 0.674. The minimum atomic E-state index is 0.322. The molecule has 0 spiro atoms. The van der Waals surface area contributed by atoms with Crippen molar-refractivity contribution >= 4 is 11.8 Å². The fraction of sp³-hybridized carbons (Fsp3) is 0.333. The summed E-state index contributed by atoms with van der Waals surface area (Å²) < 4.78 is 5.31. The van der Waals surface area contributed by atoms with Crippen LogP contribution in [0.1, 0.15) is 5.56 Å². The molecule has 0 saturated heterocycles. The smallest absolute Gasteiger partial charge is 0.132 e. The Morgan fingerprint density at radius 2 is 2.33 bits per heavy atom. The first-order valence-electron chi connectivity index (χ1n) is 3.84. The summed E-state index contributed by atoms with van der Waals surface area (Å²) in [6.45, 7) is 0.743. The second-order valence-corrected chi connectivity index (χ2v) is 3.58. The standard InChI is InChI=1S/C9H10O2S/c1-12-9-4-6-2-3-11-8(6)5-7(9)10/h4-5,10H,2-3H2,1H3. The van der Waals surface area contributed by atoms with Crippen molar-refractivity contribution in [3.63, 3.8) is 0 Å². The van der Waals surface area contributed by atoms with Crippen molar-refractivity contribution in [2.75, 3.05) is 12.9 Å². The van der Waals surface area contributed by atoms with E-state index in [2.05, 4.69) is 0 Å². The lowest BCUT2D eigenvalue weighted by atomic mass is 10.2. The highest BCUT2D eigenvalue weighted by atomic mass is 32.2. The van der Waals surface area contributed by atoms with Crippen molar-refractivity contribution < 1.29 is 9.84 Å². The van der Waals surface area contributed by atoms with Crippen molar-refractivity contribution in [2.24, 2.45) is 0 Å². The van der Waals surface area contributed by atoms with Gasteiger partial charge in [0, 0.05) is 17.4 Å². The van der Waals surface area contributed by atoms with Crippen LogP contribution in [0.25, 0.3) is 0 Å². The number of phenolic OH excluding ortho intramolecular Hbond substituents is 1. The molecule has 1 aliphatic rings. The van der Waals surface area contributed by atoms with E-state index in [0.29, 0.717) is 5.75 Å². The van der Waals surface area contributed by atoms with Crippen LogP contribution in [0.15, 0.2) is 17.0 Å². The third-order valence-electron chi connectivity index (χ3n) is 1.99. The summed E-state index contributed by atoms with van der Waals surface area (Å²) in [4.78, 5) is 0.930. The molecule has 12 heavy (non-hydrogen) atoms. The molecule has 0 bridgehead atoms. The van der Waals surface area contributed by atoms with E-state index >= 15 is 0 Å². The van der Waals surface area contributed by atoms with Crippen molar-refractivity contribution in [1.82, 2.24) is 0 Å². The Morgan fingerprint density at radius 1 is 1.50 bits per heavy atom. The number of benzene rings is 1. The van der Waals surface area contributed by atoms with Gasteiger partial charge in [0.2, 0.25) is 0 Å². The molecule has 0 radical (unpaired) electrons. The van der Waals surface area contributed by atoms with E-state index < -0.39 is 0 Å². The highest BCUT2D eigenvalue weighted by molar-refractivity contribution is 7.98. The summed E-state index contributed by atoms with van der Waals surface area (Å²) in [5.74, 6) is 1.16. The van der Waals surface area contributed by atoms with Crippen molar-refractivity contribution in [3.8, 4) is 11.5 Å². The molecular formula is C9H10O2S. The van der Waals surface area contributed by atoms with E-state index in [9.17, 15) is 5.11 Å². The molecule has 1 heterocycles. The Balaban J connectivity index is 2.49. The highest BCUT2D eigenvalue weighted by Gasteiger charge is 2.14. The highest BCUT2D eigenvalue weighted by Crippen LogP contribution is 2.36. The number of hydrogen-bond acceptors (Lipinski definition) is 3. The molecule has 0 aromatic heterocycles. The van der Waals surface area contributed by atoms with Gasteiger partial charge in [0.25, 0.3) is 0 Å². The molecule has 1 aromatic carbocycles. The maximum atomic E-state index is 9.47. The van der Waals surface area contributed by atoms with Gasteiger partial charge in [0.15, 0.2) is 0 Å². The molecular weight excluding hydrogens is 172 g/mol. The lowest BCUT2D eigenvalue weighted by Crippen LogP contribution is -1.85. The van der Waals surface area contributed by atoms with Gasteiger partial charge in [-0.25, -0.2) is 0 Å². The van der Waals surface area contributed by atoms with E-state index in [1.807, 2.05) is 12.3 Å². The van der Waals surface area contributed by atoms with Gasteiger partial charge in [-0.3, -0.25) is 0 Å². The third-order valence-corrected chi connectivity index (χ3v) is 2.76. The SMILES string of the molecule is CSc1cc2c(cc1O)OCC2. The summed E-state index contributed by atoms with van der Waals surface area (Å²) in [5.41, 5.74) is 1.21. The zero-order valence-electron chi connectivity index (χ0n) is 6.83. The summed E-state index contributed by atoms with van der Waals surface area (Å²) >= 11 is 1.56. The van der Waals surface area contributed by atoms with E-state index in [4.69, 9.17) is 4.74 Å². The topological polar surface area (TPSA) is 29.5 Å². The summed E-state index contributed by atoms with van der Waals surface area (Å²) in [5, 5.41) is 9.47. The molecule has 2 rings (SSSR count). The number of ether oxygens (including phenoxy) is 1. The Bertz CT molecular complexity index is 309. The van der Waals surface area contributed by atoms with E-state index in [-0.39, 0.29) is 0 Å². The zero-order valence-corrected chi connectivity index (χ0v) is 7.65. The Kier molecular flexibility index (Phi) is 1.89. The van der Waals surface area contributed by atoms with Gasteiger partial charge in [-0.1, -0.05) is 0 Å². The van der Waals surface area contributed by atoms with Crippen molar-refractivity contribution in [2.45, 2.75) is 11.3 Å². The largest absolute Gasteiger partial charge is 0.507 e. The van der Waals surface area contributed by atoms with Crippen LogP contribution < -0.4 is 4.74 Å². The van der Waals surface area contributed by atoms with Gasteiger partial charge in [0.1, 0.15) is 11.5 Å². The predicted molar refractivity (Wildman–Crippen MR) is 49.1 cm³/mol. The normalized spacial score (nSPS) is 14.1. The first-order valence-corrected chi connectivity index (χ1v) is 5.06. The van der Waals surface area contributed by atoms with Crippen LogP contribution in [-0.4, -0.2) is 18.0 Å². The van der Waals surface area contributed by atoms with Gasteiger partial charge < -0.3 is 9.84 Å². The second kappa shape index (κ2) is 2.90. The minimum absolute atomic E-state index is 0.322. The van der Waals surface area contributed by atoms with Gasteiger partial charge in [-0.2, -0.15) is 0 Å². The minimum Gasteiger partial charge on any atom is -0.507 e. The maximum absolute atomic E-state index is 9.47. The van der Waals surface area contributed by atoms with E-state index in [1.165, 1.54) is 5.56 Å². The number of phenols is 1. The molecule has 0 atom stereocenters. The fourth-order valence-corrected chi connectivity index (χ4v) is 1.88. The predicted octanol–water partition coefficient (Wildman–Crippen LogP) is 2.05. The molecule has 1 aliphatic heterocycles. The van der Waals surface area contributed by atoms with Gasteiger partial charge in [-0.15, -0.1) is 11.8 Å². The zero-order chi connectivity index (χ0) is 8.55. The molecule has 0 aliphatic carbocycles. The maximum Gasteiger partial charge on any atom is 0.132 e. The first kappa shape index (κ1) is 7.80. The van der Waals surface area contributed by atoms with Gasteiger partial charge >= 0.3 is 0 Å². The number of aromatic hydroxyl groups is 1. The number of hydrogen-bond donors (Lipinski definition) is 1. The Morgan fingerprint density at radius 3 is 3.08 bits per heavy atom. The first-order chi connectivity index (χ1) is 5.81. The van der Waals surface area contributed by atoms with E-state index in [0.717, 1.165) is 23.7 Å². The van der Waals surface area contributed by atoms with Gasteiger partial charge in [-0.05, 0) is 17.9 Å². The number of rotatable bonds is 1. The lowest BCUT2D eigenvalue weighted by molar-refractivity contribution is 0.354. The fourth-order valence-electron chi connectivity index (χ4n) is 1.36. The molecule has 1 N–H and O–H groups in total. The lowest BCUT2D eigenvalue weighted by Gasteiger charge is -2.03. The average Bonchev–Trinajstić information content (AvgIpc) is 2.49. The average molecular weight is 182 g/mol. The van der Waals surface area contributed by atoms with Gasteiger partial charge in [0.05, 0.1) is 6.61 Å². The molecule has 3 heteroatoms. The Labute approximate surface area is 75.6 Å². The molecule has 0 amide bonds. The van der Waals surface area contributed by atoms with Crippen LogP contribution >= 0.6 is 11.8 Å². The Hall–Kier alpha value is -0.830. The van der Waals surface area contributed by atoms with Crippen LogP contribution in [0, 0.1) is 0 Å². The van der Waals surface area contributed by atoms with Crippen LogP contribution in [-0.2, 0) is 6.42 Å². The van der Waals surface area contributed by atoms with Crippen LogP contribution in [0.3, 0.4) is 0 Å². The second-order valence-electron chi connectivity index (χ2n) is 2.73. The van der Waals surface area contributed by atoms with E-state index in [1.54, 1.807) is 17.8 Å². The number of thioether (sulfide) groups is 1.